The van der Waals surface area contributed by atoms with Crippen molar-refractivity contribution in [2.45, 2.75) is 12.8 Å². The number of aryl methyl sites for hydroxylation is 1. The zero-order chi connectivity index (χ0) is 20.5. The summed E-state index contributed by atoms with van der Waals surface area (Å²) in [4.78, 5) is 40.7. The van der Waals surface area contributed by atoms with Crippen LogP contribution in [0.1, 0.15) is 12.2 Å². The number of aromatic nitrogens is 4. The summed E-state index contributed by atoms with van der Waals surface area (Å²) in [5.74, 6) is 1.16. The molecule has 0 aliphatic carbocycles. The summed E-state index contributed by atoms with van der Waals surface area (Å²) in [6, 6.07) is 16.7. The van der Waals surface area contributed by atoms with E-state index in [1.807, 2.05) is 41.8 Å². The summed E-state index contributed by atoms with van der Waals surface area (Å²) >= 11 is 1.62. The van der Waals surface area contributed by atoms with Crippen LogP contribution in [0.3, 0.4) is 0 Å². The molecule has 0 spiro atoms. The van der Waals surface area contributed by atoms with Crippen molar-refractivity contribution in [2.75, 3.05) is 5.32 Å². The van der Waals surface area contributed by atoms with Gasteiger partial charge in [-0.3, -0.25) is 9.59 Å². The van der Waals surface area contributed by atoms with Crippen LogP contribution in [0.15, 0.2) is 64.8 Å². The Morgan fingerprint density at radius 2 is 1.90 bits per heavy atom. The lowest BCUT2D eigenvalue weighted by atomic mass is 10.2. The van der Waals surface area contributed by atoms with E-state index in [-0.39, 0.29) is 17.9 Å². The lowest BCUT2D eigenvalue weighted by Gasteiger charge is -2.06. The molecule has 0 fully saturated rings. The van der Waals surface area contributed by atoms with E-state index in [9.17, 15) is 9.59 Å². The van der Waals surface area contributed by atoms with Gasteiger partial charge in [-0.25, -0.2) is 9.97 Å². The van der Waals surface area contributed by atoms with Crippen LogP contribution >= 0.6 is 11.3 Å². The van der Waals surface area contributed by atoms with Gasteiger partial charge in [-0.05, 0) is 41.8 Å². The Morgan fingerprint density at radius 1 is 1.00 bits per heavy atom. The third-order valence-corrected chi connectivity index (χ3v) is 5.65. The lowest BCUT2D eigenvalue weighted by Crippen LogP contribution is -2.16. The number of nitrogens with zero attached hydrogens (tertiary/aromatic N) is 2. The van der Waals surface area contributed by atoms with Crippen LogP contribution in [-0.2, 0) is 11.2 Å². The van der Waals surface area contributed by atoms with E-state index in [0.717, 1.165) is 21.7 Å². The predicted octanol–water partition coefficient (Wildman–Crippen LogP) is 4.10. The Hall–Kier alpha value is -3.78. The fourth-order valence-electron chi connectivity index (χ4n) is 3.33. The average Bonchev–Trinajstić information content (AvgIpc) is 3.42. The Morgan fingerprint density at radius 3 is 2.77 bits per heavy atom. The highest BCUT2D eigenvalue weighted by Gasteiger charge is 2.10. The van der Waals surface area contributed by atoms with Crippen LogP contribution in [0.4, 0.5) is 5.69 Å². The fraction of sp³-hybridized carbons (Fsp3) is 0.0909. The molecular formula is C22H17N5O2S. The van der Waals surface area contributed by atoms with Crippen LogP contribution in [0.25, 0.3) is 32.6 Å². The third-order valence-electron chi connectivity index (χ3n) is 4.77. The maximum absolute atomic E-state index is 12.4. The average molecular weight is 415 g/mol. The molecule has 0 radical (unpaired) electrons. The van der Waals surface area contributed by atoms with E-state index in [1.54, 1.807) is 29.5 Å². The molecule has 5 rings (SSSR count). The SMILES string of the molecule is O=C(CCc1nc2ccccc2c(=O)[nH]1)Nc1ccc2nc(-c3cccs3)[nH]c2c1. The van der Waals surface area contributed by atoms with E-state index in [2.05, 4.69) is 25.3 Å². The molecule has 5 aromatic rings. The zero-order valence-electron chi connectivity index (χ0n) is 15.8. The number of anilines is 1. The van der Waals surface area contributed by atoms with Crippen molar-refractivity contribution in [3.63, 3.8) is 0 Å². The number of nitrogens with one attached hydrogen (secondary N) is 3. The minimum Gasteiger partial charge on any atom is -0.337 e. The Kier molecular flexibility index (Phi) is 4.61. The number of rotatable bonds is 5. The number of hydrogen-bond donors (Lipinski definition) is 3. The Bertz CT molecular complexity index is 1420. The largest absolute Gasteiger partial charge is 0.337 e. The van der Waals surface area contributed by atoms with Crippen LogP contribution in [-0.4, -0.2) is 25.8 Å². The van der Waals surface area contributed by atoms with Gasteiger partial charge in [0.1, 0.15) is 11.6 Å². The first-order chi connectivity index (χ1) is 14.7. The van der Waals surface area contributed by atoms with Crippen molar-refractivity contribution in [1.82, 2.24) is 19.9 Å². The summed E-state index contributed by atoms with van der Waals surface area (Å²) in [5, 5.41) is 5.44. The summed E-state index contributed by atoms with van der Waals surface area (Å²) in [5.41, 5.74) is 2.82. The molecule has 2 aromatic carbocycles. The third kappa shape index (κ3) is 3.60. The van der Waals surface area contributed by atoms with E-state index in [0.29, 0.717) is 28.8 Å². The molecule has 8 heteroatoms. The molecule has 3 aromatic heterocycles. The molecule has 148 valence electrons. The van der Waals surface area contributed by atoms with Gasteiger partial charge in [-0.1, -0.05) is 18.2 Å². The van der Waals surface area contributed by atoms with Crippen LogP contribution < -0.4 is 10.9 Å². The number of para-hydroxylation sites is 1. The minimum absolute atomic E-state index is 0.150. The van der Waals surface area contributed by atoms with Gasteiger partial charge >= 0.3 is 0 Å². The quantitative estimate of drug-likeness (QED) is 0.402. The summed E-state index contributed by atoms with van der Waals surface area (Å²) in [6.07, 6.45) is 0.559. The van der Waals surface area contributed by atoms with Crippen molar-refractivity contribution in [3.05, 3.63) is 76.2 Å². The van der Waals surface area contributed by atoms with Gasteiger partial charge in [0.2, 0.25) is 5.91 Å². The molecule has 3 heterocycles. The standard InChI is InChI=1S/C22H17N5O2S/c28-20(10-9-19-24-15-5-2-1-4-14(15)22(29)27-19)23-13-7-8-16-17(12-13)26-21(25-16)18-6-3-11-30-18/h1-8,11-12H,9-10H2,(H,23,28)(H,25,26)(H,24,27,29). The number of hydrogen-bond acceptors (Lipinski definition) is 5. The summed E-state index contributed by atoms with van der Waals surface area (Å²) < 4.78 is 0. The molecule has 0 aliphatic rings. The molecule has 0 bridgehead atoms. The number of thiophene rings is 1. The number of H-pyrrole nitrogens is 2. The number of fused-ring (bicyclic) bond motifs is 2. The first kappa shape index (κ1) is 18.3. The highest BCUT2D eigenvalue weighted by atomic mass is 32.1. The van der Waals surface area contributed by atoms with Gasteiger partial charge in [0.05, 0.1) is 26.8 Å². The molecule has 0 aliphatic heterocycles. The Balaban J connectivity index is 1.28. The fourth-order valence-corrected chi connectivity index (χ4v) is 4.00. The van der Waals surface area contributed by atoms with Gasteiger partial charge in [-0.15, -0.1) is 11.3 Å². The number of aromatic amines is 2. The Labute approximate surface area is 174 Å². The summed E-state index contributed by atoms with van der Waals surface area (Å²) in [6.45, 7) is 0. The van der Waals surface area contributed by atoms with E-state index >= 15 is 0 Å². The predicted molar refractivity (Wildman–Crippen MR) is 119 cm³/mol. The van der Waals surface area contributed by atoms with Gasteiger partial charge in [0, 0.05) is 18.5 Å². The second kappa shape index (κ2) is 7.57. The van der Waals surface area contributed by atoms with Gasteiger partial charge < -0.3 is 15.3 Å². The van der Waals surface area contributed by atoms with Crippen LogP contribution in [0, 0.1) is 0 Å². The molecule has 0 saturated carbocycles. The van der Waals surface area contributed by atoms with Crippen molar-refractivity contribution < 1.29 is 4.79 Å². The topological polar surface area (TPSA) is 104 Å². The minimum atomic E-state index is -0.192. The molecule has 0 unspecified atom stereocenters. The van der Waals surface area contributed by atoms with Gasteiger partial charge in [0.25, 0.3) is 5.56 Å². The van der Waals surface area contributed by atoms with Crippen molar-refractivity contribution in [1.29, 1.82) is 0 Å². The maximum Gasteiger partial charge on any atom is 0.258 e. The number of imidazole rings is 1. The molecule has 3 N–H and O–H groups in total. The lowest BCUT2D eigenvalue weighted by molar-refractivity contribution is -0.116. The van der Waals surface area contributed by atoms with Gasteiger partial charge in [0.15, 0.2) is 0 Å². The highest BCUT2D eigenvalue weighted by molar-refractivity contribution is 7.13. The second-order valence-electron chi connectivity index (χ2n) is 6.87. The molecule has 30 heavy (non-hydrogen) atoms. The van der Waals surface area contributed by atoms with E-state index < -0.39 is 0 Å². The molecular weight excluding hydrogens is 398 g/mol. The van der Waals surface area contributed by atoms with Crippen molar-refractivity contribution >= 4 is 44.9 Å². The number of benzene rings is 2. The number of carbonyl (C=O) groups is 1. The second-order valence-corrected chi connectivity index (χ2v) is 7.82. The number of carbonyl (C=O) groups excluding carboxylic acids is 1. The van der Waals surface area contributed by atoms with Crippen molar-refractivity contribution in [2.24, 2.45) is 0 Å². The maximum atomic E-state index is 12.4. The molecule has 7 nitrogen and oxygen atoms in total. The van der Waals surface area contributed by atoms with E-state index in [4.69, 9.17) is 0 Å². The van der Waals surface area contributed by atoms with E-state index in [1.165, 1.54) is 0 Å². The van der Waals surface area contributed by atoms with Gasteiger partial charge in [-0.2, -0.15) is 0 Å². The van der Waals surface area contributed by atoms with Crippen LogP contribution in [0.5, 0.6) is 0 Å². The van der Waals surface area contributed by atoms with Crippen LogP contribution in [0.2, 0.25) is 0 Å². The molecule has 0 saturated heterocycles. The summed E-state index contributed by atoms with van der Waals surface area (Å²) in [7, 11) is 0. The highest BCUT2D eigenvalue weighted by Crippen LogP contribution is 2.26. The first-order valence-corrected chi connectivity index (χ1v) is 10.3. The molecule has 1 amide bonds. The molecule has 0 atom stereocenters. The first-order valence-electron chi connectivity index (χ1n) is 9.47. The monoisotopic (exact) mass is 415 g/mol. The smallest absolute Gasteiger partial charge is 0.258 e. The number of amides is 1. The van der Waals surface area contributed by atoms with Crippen molar-refractivity contribution in [3.8, 4) is 10.7 Å². The zero-order valence-corrected chi connectivity index (χ0v) is 16.6. The normalized spacial score (nSPS) is 11.2.